The van der Waals surface area contributed by atoms with Crippen molar-refractivity contribution in [1.29, 1.82) is 0 Å². The van der Waals surface area contributed by atoms with E-state index in [2.05, 4.69) is 9.97 Å². The predicted molar refractivity (Wildman–Crippen MR) is 88.7 cm³/mol. The van der Waals surface area contributed by atoms with Crippen molar-refractivity contribution in [3.05, 3.63) is 18.0 Å². The molecule has 1 aromatic heterocycles. The Morgan fingerprint density at radius 2 is 2.16 bits per heavy atom. The molecule has 3 heterocycles. The van der Waals surface area contributed by atoms with Gasteiger partial charge in [-0.1, -0.05) is 0 Å². The summed E-state index contributed by atoms with van der Waals surface area (Å²) < 4.78 is 43.4. The van der Waals surface area contributed by atoms with Crippen LogP contribution in [0.1, 0.15) is 5.69 Å². The van der Waals surface area contributed by atoms with Crippen molar-refractivity contribution in [2.75, 3.05) is 57.3 Å². The number of hydrogen-bond donors (Lipinski definition) is 0. The molecule has 0 aliphatic carbocycles. The van der Waals surface area contributed by atoms with Gasteiger partial charge in [-0.3, -0.25) is 4.18 Å². The molecule has 2 fully saturated rings. The van der Waals surface area contributed by atoms with Crippen molar-refractivity contribution in [2.45, 2.75) is 12.7 Å². The van der Waals surface area contributed by atoms with Crippen molar-refractivity contribution in [1.82, 2.24) is 9.97 Å². The first-order valence-corrected chi connectivity index (χ1v) is 9.99. The van der Waals surface area contributed by atoms with E-state index in [1.165, 1.54) is 0 Å². The van der Waals surface area contributed by atoms with Crippen LogP contribution in [-0.2, 0) is 35.1 Å². The summed E-state index contributed by atoms with van der Waals surface area (Å²) in [6.07, 6.45) is 2.65. The van der Waals surface area contributed by atoms with Gasteiger partial charge in [-0.15, -0.1) is 0 Å². The Balaban J connectivity index is 1.38. The summed E-state index contributed by atoms with van der Waals surface area (Å²) in [5.41, 5.74) is 0.532. The molecule has 0 saturated carbocycles. The van der Waals surface area contributed by atoms with Crippen LogP contribution >= 0.6 is 0 Å². The zero-order valence-electron chi connectivity index (χ0n) is 14.2. The Kier molecular flexibility index (Phi) is 6.18. The molecule has 0 amide bonds. The molecule has 0 N–H and O–H groups in total. The van der Waals surface area contributed by atoms with Gasteiger partial charge in [0.1, 0.15) is 12.7 Å². The number of anilines is 1. The van der Waals surface area contributed by atoms with Gasteiger partial charge >= 0.3 is 0 Å². The SMILES string of the molecule is CS(=O)(=O)OCc1ccnc(N2CC(COC[C@@H]3COCCO3)C2)n1. The van der Waals surface area contributed by atoms with Crippen molar-refractivity contribution in [3.63, 3.8) is 0 Å². The molecule has 10 heteroatoms. The molecule has 0 unspecified atom stereocenters. The fourth-order valence-electron chi connectivity index (χ4n) is 2.62. The molecule has 1 atom stereocenters. The highest BCUT2D eigenvalue weighted by Gasteiger charge is 2.29. The largest absolute Gasteiger partial charge is 0.378 e. The van der Waals surface area contributed by atoms with E-state index in [0.717, 1.165) is 19.3 Å². The normalized spacial score (nSPS) is 22.0. The summed E-state index contributed by atoms with van der Waals surface area (Å²) in [6.45, 7) is 4.60. The molecule has 2 aliphatic rings. The minimum Gasteiger partial charge on any atom is -0.378 e. The highest BCUT2D eigenvalue weighted by atomic mass is 32.2. The number of rotatable bonds is 8. The Bertz CT molecular complexity index is 659. The van der Waals surface area contributed by atoms with Gasteiger partial charge in [0.05, 0.1) is 45.0 Å². The molecule has 0 spiro atoms. The summed E-state index contributed by atoms with van der Waals surface area (Å²) in [7, 11) is -3.49. The second-order valence-corrected chi connectivity index (χ2v) is 7.83. The molecule has 0 bridgehead atoms. The number of ether oxygens (including phenoxy) is 3. The van der Waals surface area contributed by atoms with Crippen LogP contribution in [0.15, 0.2) is 12.3 Å². The standard InChI is InChI=1S/C15H23N3O6S/c1-25(19,20)24-9-13-2-3-16-15(17-13)18-6-12(7-18)8-22-11-14-10-21-4-5-23-14/h2-3,12,14H,4-11H2,1H3/t14-/m0/s1. The highest BCUT2D eigenvalue weighted by molar-refractivity contribution is 7.85. The van der Waals surface area contributed by atoms with Crippen molar-refractivity contribution in [2.24, 2.45) is 5.92 Å². The fraction of sp³-hybridized carbons (Fsp3) is 0.733. The van der Waals surface area contributed by atoms with Crippen molar-refractivity contribution in [3.8, 4) is 0 Å². The summed E-state index contributed by atoms with van der Waals surface area (Å²) in [4.78, 5) is 10.6. The van der Waals surface area contributed by atoms with E-state index in [1.807, 2.05) is 4.90 Å². The molecule has 140 valence electrons. The number of hydrogen-bond acceptors (Lipinski definition) is 9. The maximum atomic E-state index is 11.0. The Morgan fingerprint density at radius 3 is 2.88 bits per heavy atom. The van der Waals surface area contributed by atoms with E-state index in [1.54, 1.807) is 12.3 Å². The monoisotopic (exact) mass is 373 g/mol. The quantitative estimate of drug-likeness (QED) is 0.574. The zero-order chi connectivity index (χ0) is 17.7. The van der Waals surface area contributed by atoms with E-state index in [4.69, 9.17) is 18.4 Å². The third-order valence-corrected chi connectivity index (χ3v) is 4.45. The molecule has 3 rings (SSSR count). The van der Waals surface area contributed by atoms with Crippen molar-refractivity contribution < 1.29 is 26.8 Å². The topological polar surface area (TPSA) is 100 Å². The first-order chi connectivity index (χ1) is 12.0. The van der Waals surface area contributed by atoms with Gasteiger partial charge in [0.2, 0.25) is 5.95 Å². The van der Waals surface area contributed by atoms with Crippen LogP contribution in [0.4, 0.5) is 5.95 Å². The summed E-state index contributed by atoms with van der Waals surface area (Å²) in [5, 5.41) is 0. The number of aromatic nitrogens is 2. The smallest absolute Gasteiger partial charge is 0.264 e. The molecule has 0 aromatic carbocycles. The van der Waals surface area contributed by atoms with Gasteiger partial charge in [-0.25, -0.2) is 9.97 Å². The second-order valence-electron chi connectivity index (χ2n) is 6.19. The van der Waals surface area contributed by atoms with E-state index < -0.39 is 10.1 Å². The maximum Gasteiger partial charge on any atom is 0.264 e. The molecule has 0 radical (unpaired) electrons. The lowest BCUT2D eigenvalue weighted by atomic mass is 10.0. The average Bonchev–Trinajstić information content (AvgIpc) is 2.56. The van der Waals surface area contributed by atoms with E-state index in [-0.39, 0.29) is 12.7 Å². The van der Waals surface area contributed by atoms with Crippen LogP contribution in [0, 0.1) is 5.92 Å². The highest BCUT2D eigenvalue weighted by Crippen LogP contribution is 2.21. The van der Waals surface area contributed by atoms with Gasteiger partial charge in [0.25, 0.3) is 10.1 Å². The van der Waals surface area contributed by atoms with Crippen LogP contribution in [0.25, 0.3) is 0 Å². The zero-order valence-corrected chi connectivity index (χ0v) is 15.0. The minimum atomic E-state index is -3.49. The predicted octanol–water partition coefficient (Wildman–Crippen LogP) is -0.179. The third-order valence-electron chi connectivity index (χ3n) is 3.90. The van der Waals surface area contributed by atoms with Crippen LogP contribution in [0.5, 0.6) is 0 Å². The van der Waals surface area contributed by atoms with Crippen LogP contribution < -0.4 is 4.90 Å². The molecular weight excluding hydrogens is 350 g/mol. The van der Waals surface area contributed by atoms with Crippen LogP contribution in [-0.4, -0.2) is 76.9 Å². The van der Waals surface area contributed by atoms with Gasteiger partial charge in [-0.2, -0.15) is 8.42 Å². The first kappa shape index (κ1) is 18.5. The van der Waals surface area contributed by atoms with Gasteiger partial charge < -0.3 is 19.1 Å². The van der Waals surface area contributed by atoms with Gasteiger partial charge in [-0.05, 0) is 6.07 Å². The minimum absolute atomic E-state index is 0.0276. The summed E-state index contributed by atoms with van der Waals surface area (Å²) >= 11 is 0. The van der Waals surface area contributed by atoms with E-state index in [9.17, 15) is 8.42 Å². The lowest BCUT2D eigenvalue weighted by molar-refractivity contribution is -0.118. The fourth-order valence-corrected chi connectivity index (χ4v) is 2.96. The molecule has 9 nitrogen and oxygen atoms in total. The lowest BCUT2D eigenvalue weighted by Crippen LogP contribution is -2.50. The van der Waals surface area contributed by atoms with Crippen molar-refractivity contribution >= 4 is 16.1 Å². The Morgan fingerprint density at radius 1 is 1.32 bits per heavy atom. The Hall–Kier alpha value is -1.33. The Labute approximate surface area is 147 Å². The van der Waals surface area contributed by atoms with Crippen LogP contribution in [0.2, 0.25) is 0 Å². The molecular formula is C15H23N3O6S. The summed E-state index contributed by atoms with van der Waals surface area (Å²) in [6, 6.07) is 1.64. The lowest BCUT2D eigenvalue weighted by Gasteiger charge is -2.39. The van der Waals surface area contributed by atoms with Gasteiger partial charge in [0, 0.05) is 25.2 Å². The maximum absolute atomic E-state index is 11.0. The first-order valence-electron chi connectivity index (χ1n) is 8.18. The van der Waals surface area contributed by atoms with Gasteiger partial charge in [0.15, 0.2) is 0 Å². The van der Waals surface area contributed by atoms with E-state index >= 15 is 0 Å². The number of nitrogens with zero attached hydrogens (tertiary/aromatic N) is 3. The third kappa shape index (κ3) is 5.86. The second kappa shape index (κ2) is 8.37. The average molecular weight is 373 g/mol. The van der Waals surface area contributed by atoms with E-state index in [0.29, 0.717) is 50.6 Å². The molecule has 2 saturated heterocycles. The molecule has 2 aliphatic heterocycles. The molecule has 1 aromatic rings. The molecule has 25 heavy (non-hydrogen) atoms. The van der Waals surface area contributed by atoms with Crippen LogP contribution in [0.3, 0.4) is 0 Å². The summed E-state index contributed by atoms with van der Waals surface area (Å²) in [5.74, 6) is 0.999.